The quantitative estimate of drug-likeness (QED) is 0.815. The second-order valence-electron chi connectivity index (χ2n) is 5.72. The van der Waals surface area contributed by atoms with Crippen molar-refractivity contribution in [2.45, 2.75) is 13.5 Å². The second-order valence-corrected chi connectivity index (χ2v) is 6.12. The molecule has 0 fully saturated rings. The van der Waals surface area contributed by atoms with Crippen LogP contribution in [0.4, 0.5) is 5.69 Å². The minimum absolute atomic E-state index is 0.0411. The number of methoxy groups -OCH3 is 2. The Morgan fingerprint density at radius 2 is 1.84 bits per heavy atom. The molecule has 0 aromatic heterocycles. The number of para-hydroxylation sites is 1. The van der Waals surface area contributed by atoms with Crippen molar-refractivity contribution in [3.63, 3.8) is 0 Å². The van der Waals surface area contributed by atoms with E-state index in [9.17, 15) is 4.79 Å². The zero-order valence-corrected chi connectivity index (χ0v) is 15.7. The first-order valence-corrected chi connectivity index (χ1v) is 8.28. The van der Waals surface area contributed by atoms with Crippen molar-refractivity contribution in [2.75, 3.05) is 33.1 Å². The minimum atomic E-state index is -0.0411. The van der Waals surface area contributed by atoms with Gasteiger partial charge in [0, 0.05) is 30.2 Å². The largest absolute Gasteiger partial charge is 0.496 e. The highest BCUT2D eigenvalue weighted by Crippen LogP contribution is 2.30. The molecule has 0 radical (unpaired) electrons. The summed E-state index contributed by atoms with van der Waals surface area (Å²) in [4.78, 5) is 14.1. The van der Waals surface area contributed by atoms with Crippen LogP contribution < -0.4 is 14.8 Å². The number of anilines is 1. The van der Waals surface area contributed by atoms with Crippen molar-refractivity contribution in [3.05, 3.63) is 52.5 Å². The topological polar surface area (TPSA) is 50.8 Å². The Bertz CT molecular complexity index is 749. The van der Waals surface area contributed by atoms with Crippen LogP contribution in [0.3, 0.4) is 0 Å². The highest BCUT2D eigenvalue weighted by molar-refractivity contribution is 6.31. The number of aryl methyl sites for hydroxylation is 1. The van der Waals surface area contributed by atoms with E-state index in [1.807, 2.05) is 37.3 Å². The van der Waals surface area contributed by atoms with Crippen molar-refractivity contribution in [2.24, 2.45) is 0 Å². The Balaban J connectivity index is 2.01. The molecule has 0 saturated heterocycles. The molecule has 0 unspecified atom stereocenters. The number of nitrogens with one attached hydrogen (secondary N) is 1. The van der Waals surface area contributed by atoms with E-state index in [2.05, 4.69) is 5.32 Å². The third-order valence-electron chi connectivity index (χ3n) is 3.94. The van der Waals surface area contributed by atoms with Crippen molar-refractivity contribution in [1.29, 1.82) is 0 Å². The van der Waals surface area contributed by atoms with Gasteiger partial charge < -0.3 is 19.7 Å². The van der Waals surface area contributed by atoms with E-state index in [0.29, 0.717) is 17.3 Å². The fourth-order valence-corrected chi connectivity index (χ4v) is 2.61. The van der Waals surface area contributed by atoms with Gasteiger partial charge in [-0.05, 0) is 24.6 Å². The van der Waals surface area contributed by atoms with Gasteiger partial charge in [-0.1, -0.05) is 29.8 Å². The van der Waals surface area contributed by atoms with Gasteiger partial charge in [-0.3, -0.25) is 4.79 Å². The monoisotopic (exact) mass is 362 g/mol. The van der Waals surface area contributed by atoms with Gasteiger partial charge in [0.1, 0.15) is 11.5 Å². The van der Waals surface area contributed by atoms with E-state index >= 15 is 0 Å². The normalized spacial score (nSPS) is 10.3. The number of hydrogen-bond acceptors (Lipinski definition) is 4. The summed E-state index contributed by atoms with van der Waals surface area (Å²) in [5.74, 6) is 1.33. The van der Waals surface area contributed by atoms with Crippen LogP contribution in [0.5, 0.6) is 11.5 Å². The Labute approximate surface area is 153 Å². The highest BCUT2D eigenvalue weighted by Gasteiger charge is 2.13. The van der Waals surface area contributed by atoms with Crippen LogP contribution in [-0.2, 0) is 11.3 Å². The lowest BCUT2D eigenvalue weighted by Crippen LogP contribution is -2.32. The summed E-state index contributed by atoms with van der Waals surface area (Å²) in [7, 11) is 4.96. The maximum atomic E-state index is 12.4. The maximum Gasteiger partial charge on any atom is 0.241 e. The summed E-state index contributed by atoms with van der Waals surface area (Å²) < 4.78 is 10.6. The molecule has 134 valence electrons. The van der Waals surface area contributed by atoms with E-state index in [1.54, 1.807) is 32.2 Å². The Morgan fingerprint density at radius 3 is 2.52 bits per heavy atom. The molecule has 0 heterocycles. The minimum Gasteiger partial charge on any atom is -0.496 e. The summed E-state index contributed by atoms with van der Waals surface area (Å²) in [5, 5.41) is 3.75. The van der Waals surface area contributed by atoms with Crippen LogP contribution in [-0.4, -0.2) is 38.6 Å². The third kappa shape index (κ3) is 4.79. The van der Waals surface area contributed by atoms with E-state index in [1.165, 1.54) is 0 Å². The van der Waals surface area contributed by atoms with Gasteiger partial charge in [0.25, 0.3) is 0 Å². The number of carbonyl (C=O) groups excluding carboxylic acids is 1. The lowest BCUT2D eigenvalue weighted by atomic mass is 10.2. The number of rotatable bonds is 7. The van der Waals surface area contributed by atoms with Gasteiger partial charge in [0.05, 0.1) is 26.5 Å². The first-order valence-electron chi connectivity index (χ1n) is 7.90. The molecular weight excluding hydrogens is 340 g/mol. The van der Waals surface area contributed by atoms with Crippen molar-refractivity contribution in [1.82, 2.24) is 4.90 Å². The average molecular weight is 363 g/mol. The molecule has 0 spiro atoms. The van der Waals surface area contributed by atoms with E-state index in [4.69, 9.17) is 21.1 Å². The predicted octanol–water partition coefficient (Wildman–Crippen LogP) is 3.74. The molecular formula is C19H23ClN2O3. The average Bonchev–Trinajstić information content (AvgIpc) is 2.62. The zero-order chi connectivity index (χ0) is 18.4. The molecule has 0 saturated carbocycles. The van der Waals surface area contributed by atoms with Crippen molar-refractivity contribution < 1.29 is 14.3 Å². The van der Waals surface area contributed by atoms with Crippen LogP contribution in [0, 0.1) is 6.92 Å². The van der Waals surface area contributed by atoms with E-state index < -0.39 is 0 Å². The second kappa shape index (κ2) is 8.62. The first-order chi connectivity index (χ1) is 12.0. The number of carbonyl (C=O) groups is 1. The van der Waals surface area contributed by atoms with Crippen LogP contribution in [0.15, 0.2) is 36.4 Å². The van der Waals surface area contributed by atoms with Crippen LogP contribution >= 0.6 is 11.6 Å². The summed E-state index contributed by atoms with van der Waals surface area (Å²) in [5.41, 5.74) is 2.61. The molecule has 2 rings (SSSR count). The molecule has 5 nitrogen and oxygen atoms in total. The lowest BCUT2D eigenvalue weighted by Gasteiger charge is -2.20. The molecule has 1 amide bonds. The number of hydrogen-bond donors (Lipinski definition) is 1. The molecule has 0 bridgehead atoms. The zero-order valence-electron chi connectivity index (χ0n) is 14.9. The number of benzene rings is 2. The summed E-state index contributed by atoms with van der Waals surface area (Å²) in [6.45, 7) is 2.53. The smallest absolute Gasteiger partial charge is 0.241 e. The maximum absolute atomic E-state index is 12.4. The van der Waals surface area contributed by atoms with Gasteiger partial charge in [-0.2, -0.15) is 0 Å². The van der Waals surface area contributed by atoms with Gasteiger partial charge in [-0.25, -0.2) is 0 Å². The Morgan fingerprint density at radius 1 is 1.16 bits per heavy atom. The Hall–Kier alpha value is -2.40. The molecule has 0 aliphatic heterocycles. The third-order valence-corrected chi connectivity index (χ3v) is 4.34. The highest BCUT2D eigenvalue weighted by atomic mass is 35.5. The number of likely N-dealkylation sites (N-methyl/N-ethyl adjacent to an activating group) is 1. The predicted molar refractivity (Wildman–Crippen MR) is 101 cm³/mol. The molecule has 0 aliphatic carbocycles. The summed E-state index contributed by atoms with van der Waals surface area (Å²) >= 11 is 6.10. The van der Waals surface area contributed by atoms with E-state index in [-0.39, 0.29) is 12.5 Å². The molecule has 2 aromatic rings. The van der Waals surface area contributed by atoms with Crippen molar-refractivity contribution in [3.8, 4) is 11.5 Å². The molecule has 6 heteroatoms. The van der Waals surface area contributed by atoms with Crippen LogP contribution in [0.25, 0.3) is 0 Å². The molecule has 0 aliphatic rings. The Kier molecular flexibility index (Phi) is 6.53. The fourth-order valence-electron chi connectivity index (χ4n) is 2.45. The SMILES string of the molecule is COc1ccccc1CN(C)C(=O)CNc1cc(C)c(Cl)cc1OC. The molecule has 25 heavy (non-hydrogen) atoms. The van der Waals surface area contributed by atoms with E-state index in [0.717, 1.165) is 22.6 Å². The number of nitrogens with zero attached hydrogens (tertiary/aromatic N) is 1. The molecule has 1 N–H and O–H groups in total. The van der Waals surface area contributed by atoms with Gasteiger partial charge in [0.2, 0.25) is 5.91 Å². The lowest BCUT2D eigenvalue weighted by molar-refractivity contribution is -0.128. The number of amides is 1. The van der Waals surface area contributed by atoms with Gasteiger partial charge >= 0.3 is 0 Å². The molecule has 0 atom stereocenters. The van der Waals surface area contributed by atoms with Crippen molar-refractivity contribution >= 4 is 23.2 Å². The number of ether oxygens (including phenoxy) is 2. The summed E-state index contributed by atoms with van der Waals surface area (Å²) in [6.07, 6.45) is 0. The van der Waals surface area contributed by atoms with Crippen LogP contribution in [0.1, 0.15) is 11.1 Å². The standard InChI is InChI=1S/C19H23ClN2O3/c1-13-9-16(18(25-4)10-15(13)20)21-11-19(23)22(2)12-14-7-5-6-8-17(14)24-3/h5-10,21H,11-12H2,1-4H3. The number of halogens is 1. The van der Waals surface area contributed by atoms with Crippen LogP contribution in [0.2, 0.25) is 5.02 Å². The summed E-state index contributed by atoms with van der Waals surface area (Å²) in [6, 6.07) is 11.3. The molecule has 2 aromatic carbocycles. The fraction of sp³-hybridized carbons (Fsp3) is 0.316. The van der Waals surface area contributed by atoms with Gasteiger partial charge in [0.15, 0.2) is 0 Å². The van der Waals surface area contributed by atoms with Gasteiger partial charge in [-0.15, -0.1) is 0 Å². The first kappa shape index (κ1) is 18.9.